The van der Waals surface area contributed by atoms with E-state index in [0.29, 0.717) is 11.6 Å². The number of rotatable bonds is 1. The molecule has 0 aromatic carbocycles. The molecule has 1 spiro atoms. The largest absolute Gasteiger partial charge is 0.359 e. The van der Waals surface area contributed by atoms with Crippen LogP contribution in [0.25, 0.3) is 0 Å². The molecule has 3 heteroatoms. The van der Waals surface area contributed by atoms with E-state index in [9.17, 15) is 0 Å². The molecular weight excluding hydrogens is 252 g/mol. The summed E-state index contributed by atoms with van der Waals surface area (Å²) >= 11 is 1.98. The van der Waals surface area contributed by atoms with Crippen LogP contribution in [0, 0.1) is 11.8 Å². The summed E-state index contributed by atoms with van der Waals surface area (Å²) in [4.78, 5) is 5.06. The Bertz CT molecular complexity index is 355. The average Bonchev–Trinajstić information content (AvgIpc) is 2.75. The predicted molar refractivity (Wildman–Crippen MR) is 84.8 cm³/mol. The second-order valence-electron chi connectivity index (χ2n) is 7.16. The molecule has 1 heterocycles. The van der Waals surface area contributed by atoms with E-state index in [2.05, 4.69) is 19.2 Å². The van der Waals surface area contributed by atoms with Crippen molar-refractivity contribution in [1.82, 2.24) is 5.32 Å². The number of aliphatic imine (C=N–C) groups is 1. The summed E-state index contributed by atoms with van der Waals surface area (Å²) in [5.41, 5.74) is 0.388. The third kappa shape index (κ3) is 3.12. The van der Waals surface area contributed by atoms with Crippen LogP contribution in [-0.2, 0) is 0 Å². The van der Waals surface area contributed by atoms with Gasteiger partial charge in [0.05, 0.1) is 6.04 Å². The topological polar surface area (TPSA) is 24.4 Å². The van der Waals surface area contributed by atoms with Crippen LogP contribution >= 0.6 is 11.8 Å². The van der Waals surface area contributed by atoms with Crippen molar-refractivity contribution in [3.8, 4) is 0 Å². The van der Waals surface area contributed by atoms with E-state index >= 15 is 0 Å². The van der Waals surface area contributed by atoms with Crippen molar-refractivity contribution in [1.29, 1.82) is 0 Å². The van der Waals surface area contributed by atoms with Crippen LogP contribution in [0.2, 0.25) is 0 Å². The molecule has 0 aromatic heterocycles. The smallest absolute Gasteiger partial charge is 0.157 e. The van der Waals surface area contributed by atoms with E-state index in [1.54, 1.807) is 0 Å². The molecule has 3 aliphatic rings. The van der Waals surface area contributed by atoms with Gasteiger partial charge in [0.1, 0.15) is 0 Å². The number of nitrogens with zero attached hydrogens (tertiary/aromatic N) is 1. The van der Waals surface area contributed by atoms with Crippen LogP contribution < -0.4 is 5.32 Å². The van der Waals surface area contributed by atoms with Crippen LogP contribution in [-0.4, -0.2) is 22.5 Å². The zero-order valence-electron chi connectivity index (χ0n) is 12.5. The number of thioether (sulfide) groups is 1. The van der Waals surface area contributed by atoms with Gasteiger partial charge in [0, 0.05) is 11.3 Å². The van der Waals surface area contributed by atoms with Crippen molar-refractivity contribution in [2.75, 3.05) is 5.75 Å². The van der Waals surface area contributed by atoms with Crippen molar-refractivity contribution < 1.29 is 0 Å². The molecule has 4 unspecified atom stereocenters. The fraction of sp³-hybridized carbons (Fsp3) is 0.938. The van der Waals surface area contributed by atoms with Crippen LogP contribution in [0.3, 0.4) is 0 Å². The van der Waals surface area contributed by atoms with Gasteiger partial charge in [0.25, 0.3) is 0 Å². The van der Waals surface area contributed by atoms with Crippen LogP contribution in [0.1, 0.15) is 65.2 Å². The minimum atomic E-state index is 0.388. The summed E-state index contributed by atoms with van der Waals surface area (Å²) in [7, 11) is 0. The second-order valence-corrected chi connectivity index (χ2v) is 8.12. The van der Waals surface area contributed by atoms with Gasteiger partial charge in [0.15, 0.2) is 5.17 Å². The van der Waals surface area contributed by atoms with Gasteiger partial charge in [-0.1, -0.05) is 51.3 Å². The number of hydrogen-bond acceptors (Lipinski definition) is 2. The molecule has 0 aromatic rings. The quantitative estimate of drug-likeness (QED) is 0.778. The maximum Gasteiger partial charge on any atom is 0.157 e. The van der Waals surface area contributed by atoms with E-state index in [4.69, 9.17) is 4.99 Å². The molecule has 3 rings (SSSR count). The standard InChI is InChI=1S/C16H28N2S/c1-12-6-5-9-16(10-12)11-19-15(18-16)17-14-8-4-3-7-13(14)2/h12-14H,3-11H2,1-2H3,(H,17,18). The van der Waals surface area contributed by atoms with Gasteiger partial charge in [-0.3, -0.25) is 4.99 Å². The Hall–Kier alpha value is -0.180. The van der Waals surface area contributed by atoms with E-state index < -0.39 is 0 Å². The maximum absolute atomic E-state index is 5.06. The Morgan fingerprint density at radius 2 is 2.00 bits per heavy atom. The lowest BCUT2D eigenvalue weighted by Crippen LogP contribution is -2.47. The van der Waals surface area contributed by atoms with Gasteiger partial charge >= 0.3 is 0 Å². The monoisotopic (exact) mass is 280 g/mol. The van der Waals surface area contributed by atoms with Gasteiger partial charge in [-0.05, 0) is 37.5 Å². The summed E-state index contributed by atoms with van der Waals surface area (Å²) in [6.45, 7) is 4.79. The average molecular weight is 280 g/mol. The molecule has 1 N–H and O–H groups in total. The third-order valence-corrected chi connectivity index (χ3v) is 6.48. The molecule has 1 aliphatic heterocycles. The van der Waals surface area contributed by atoms with Gasteiger partial charge in [-0.2, -0.15) is 0 Å². The van der Waals surface area contributed by atoms with E-state index in [1.807, 2.05) is 11.8 Å². The molecule has 0 radical (unpaired) electrons. The van der Waals surface area contributed by atoms with Crippen molar-refractivity contribution in [2.24, 2.45) is 16.8 Å². The summed E-state index contributed by atoms with van der Waals surface area (Å²) in [6.07, 6.45) is 11.0. The Morgan fingerprint density at radius 1 is 1.16 bits per heavy atom. The van der Waals surface area contributed by atoms with E-state index in [0.717, 1.165) is 11.8 Å². The van der Waals surface area contributed by atoms with Gasteiger partial charge in [-0.15, -0.1) is 0 Å². The number of hydrogen-bond donors (Lipinski definition) is 1. The highest BCUT2D eigenvalue weighted by Gasteiger charge is 2.40. The number of amidine groups is 1. The minimum absolute atomic E-state index is 0.388. The highest BCUT2D eigenvalue weighted by atomic mass is 32.2. The fourth-order valence-electron chi connectivity index (χ4n) is 4.12. The Balaban J connectivity index is 1.64. The van der Waals surface area contributed by atoms with E-state index in [-0.39, 0.29) is 0 Å². The normalized spacial score (nSPS) is 45.6. The molecule has 19 heavy (non-hydrogen) atoms. The molecule has 2 aliphatic carbocycles. The fourth-order valence-corrected chi connectivity index (χ4v) is 5.36. The zero-order valence-corrected chi connectivity index (χ0v) is 13.3. The summed E-state index contributed by atoms with van der Waals surface area (Å²) in [5, 5.41) is 5.07. The van der Waals surface area contributed by atoms with Crippen molar-refractivity contribution in [3.63, 3.8) is 0 Å². The van der Waals surface area contributed by atoms with Gasteiger partial charge in [0.2, 0.25) is 0 Å². The summed E-state index contributed by atoms with van der Waals surface area (Å²) in [5.74, 6) is 2.91. The van der Waals surface area contributed by atoms with Crippen molar-refractivity contribution in [3.05, 3.63) is 0 Å². The zero-order chi connectivity index (χ0) is 13.3. The SMILES string of the molecule is CC1CCCC2(CSC(=NC3CCCCC3C)N2)C1. The molecule has 4 atom stereocenters. The Morgan fingerprint density at radius 3 is 2.79 bits per heavy atom. The van der Waals surface area contributed by atoms with E-state index in [1.165, 1.54) is 62.3 Å². The lowest BCUT2D eigenvalue weighted by atomic mass is 9.78. The third-order valence-electron chi connectivity index (χ3n) is 5.30. The minimum Gasteiger partial charge on any atom is -0.359 e. The van der Waals surface area contributed by atoms with Crippen molar-refractivity contribution in [2.45, 2.75) is 76.8 Å². The lowest BCUT2D eigenvalue weighted by molar-refractivity contribution is 0.242. The summed E-state index contributed by atoms with van der Waals surface area (Å²) < 4.78 is 0. The highest BCUT2D eigenvalue weighted by Crippen LogP contribution is 2.39. The highest BCUT2D eigenvalue weighted by molar-refractivity contribution is 8.14. The Kier molecular flexibility index (Phi) is 4.11. The molecule has 1 saturated heterocycles. The van der Waals surface area contributed by atoms with Crippen molar-refractivity contribution >= 4 is 16.9 Å². The molecular formula is C16H28N2S. The first-order valence-electron chi connectivity index (χ1n) is 8.16. The molecule has 3 fully saturated rings. The van der Waals surface area contributed by atoms with Gasteiger partial charge in [-0.25, -0.2) is 0 Å². The van der Waals surface area contributed by atoms with Gasteiger partial charge < -0.3 is 5.32 Å². The first-order chi connectivity index (χ1) is 9.17. The molecule has 0 amide bonds. The molecule has 0 bridgehead atoms. The van der Waals surface area contributed by atoms with Crippen LogP contribution in [0.15, 0.2) is 4.99 Å². The lowest BCUT2D eigenvalue weighted by Gasteiger charge is -2.36. The Labute approximate surface area is 122 Å². The molecule has 2 saturated carbocycles. The maximum atomic E-state index is 5.06. The second kappa shape index (κ2) is 5.67. The summed E-state index contributed by atoms with van der Waals surface area (Å²) in [6, 6.07) is 0.583. The van der Waals surface area contributed by atoms with Crippen LogP contribution in [0.4, 0.5) is 0 Å². The molecule has 108 valence electrons. The first kappa shape index (κ1) is 13.8. The molecule has 2 nitrogen and oxygen atoms in total. The predicted octanol–water partition coefficient (Wildman–Crippen LogP) is 4.21. The van der Waals surface area contributed by atoms with Crippen LogP contribution in [0.5, 0.6) is 0 Å². The number of nitrogens with one attached hydrogen (secondary N) is 1. The first-order valence-corrected chi connectivity index (χ1v) is 9.14.